The summed E-state index contributed by atoms with van der Waals surface area (Å²) in [6.45, 7) is 4.49. The van der Waals surface area contributed by atoms with Crippen LogP contribution >= 0.6 is 0 Å². The summed E-state index contributed by atoms with van der Waals surface area (Å²) in [4.78, 5) is 11.5. The fourth-order valence-corrected chi connectivity index (χ4v) is 2.12. The number of benzene rings is 1. The van der Waals surface area contributed by atoms with Crippen molar-refractivity contribution >= 4 is 5.91 Å². The number of aryl methyl sites for hydroxylation is 1. The minimum Gasteiger partial charge on any atom is -0.375 e. The first kappa shape index (κ1) is 14.3. The summed E-state index contributed by atoms with van der Waals surface area (Å²) in [5.41, 5.74) is 4.01. The molecule has 0 aliphatic heterocycles. The maximum Gasteiger partial charge on any atom is 0.246 e. The fourth-order valence-electron chi connectivity index (χ4n) is 2.12. The van der Waals surface area contributed by atoms with Gasteiger partial charge in [0.1, 0.15) is 6.61 Å². The van der Waals surface area contributed by atoms with Crippen molar-refractivity contribution in [2.45, 2.75) is 20.4 Å². The number of nitrogens with one attached hydrogen (secondary N) is 1. The van der Waals surface area contributed by atoms with Gasteiger partial charge in [-0.2, -0.15) is 5.10 Å². The summed E-state index contributed by atoms with van der Waals surface area (Å²) in [7, 11) is 1.50. The lowest BCUT2D eigenvalue weighted by Crippen LogP contribution is -2.27. The average molecular weight is 273 g/mol. The van der Waals surface area contributed by atoms with Gasteiger partial charge in [0, 0.05) is 24.9 Å². The number of carbonyl (C=O) groups excluding carboxylic acids is 1. The SMILES string of the molecule is COCC(=O)NCc1c(C)nn(-c2ccccc2)c1C. The highest BCUT2D eigenvalue weighted by Crippen LogP contribution is 2.17. The lowest BCUT2D eigenvalue weighted by molar-refractivity contribution is -0.124. The van der Waals surface area contributed by atoms with Crippen LogP contribution in [0.25, 0.3) is 5.69 Å². The second-order valence-electron chi connectivity index (χ2n) is 4.61. The van der Waals surface area contributed by atoms with Crippen LogP contribution in [-0.4, -0.2) is 29.4 Å². The molecule has 2 aromatic rings. The molecule has 2 rings (SSSR count). The molecule has 0 radical (unpaired) electrons. The number of para-hydroxylation sites is 1. The van der Waals surface area contributed by atoms with Gasteiger partial charge in [-0.15, -0.1) is 0 Å². The number of ether oxygens (including phenoxy) is 1. The van der Waals surface area contributed by atoms with Gasteiger partial charge < -0.3 is 10.1 Å². The van der Waals surface area contributed by atoms with Gasteiger partial charge in [0.05, 0.1) is 11.4 Å². The quantitative estimate of drug-likeness (QED) is 0.903. The van der Waals surface area contributed by atoms with Crippen molar-refractivity contribution < 1.29 is 9.53 Å². The number of hydrogen-bond acceptors (Lipinski definition) is 3. The van der Waals surface area contributed by atoms with Crippen molar-refractivity contribution in [3.05, 3.63) is 47.3 Å². The summed E-state index contributed by atoms with van der Waals surface area (Å²) in [6.07, 6.45) is 0. The predicted octanol–water partition coefficient (Wildman–Crippen LogP) is 1.75. The Labute approximate surface area is 118 Å². The zero-order chi connectivity index (χ0) is 14.5. The Morgan fingerprint density at radius 3 is 2.65 bits per heavy atom. The van der Waals surface area contributed by atoms with Crippen LogP contribution in [-0.2, 0) is 16.1 Å². The van der Waals surface area contributed by atoms with Crippen LogP contribution in [0.4, 0.5) is 0 Å². The summed E-state index contributed by atoms with van der Waals surface area (Å²) < 4.78 is 6.69. The Morgan fingerprint density at radius 1 is 1.30 bits per heavy atom. The van der Waals surface area contributed by atoms with Crippen LogP contribution in [0.3, 0.4) is 0 Å². The number of aromatic nitrogens is 2. The van der Waals surface area contributed by atoms with Gasteiger partial charge in [-0.05, 0) is 26.0 Å². The third-order valence-corrected chi connectivity index (χ3v) is 3.18. The molecule has 0 unspecified atom stereocenters. The third-order valence-electron chi connectivity index (χ3n) is 3.18. The molecule has 0 fully saturated rings. The van der Waals surface area contributed by atoms with E-state index in [4.69, 9.17) is 4.74 Å². The molecule has 0 saturated carbocycles. The molecule has 0 aliphatic rings. The normalized spacial score (nSPS) is 10.6. The van der Waals surface area contributed by atoms with Crippen LogP contribution in [0.5, 0.6) is 0 Å². The van der Waals surface area contributed by atoms with E-state index in [0.717, 1.165) is 22.6 Å². The van der Waals surface area contributed by atoms with E-state index >= 15 is 0 Å². The Kier molecular flexibility index (Phi) is 4.53. The fraction of sp³-hybridized carbons (Fsp3) is 0.333. The Bertz CT molecular complexity index is 591. The molecule has 0 aliphatic carbocycles. The molecule has 106 valence electrons. The van der Waals surface area contributed by atoms with Crippen LogP contribution in [0, 0.1) is 13.8 Å². The molecule has 0 bridgehead atoms. The molecule has 0 atom stereocenters. The largest absolute Gasteiger partial charge is 0.375 e. The summed E-state index contributed by atoms with van der Waals surface area (Å²) >= 11 is 0. The average Bonchev–Trinajstić information content (AvgIpc) is 2.73. The smallest absolute Gasteiger partial charge is 0.246 e. The number of carbonyl (C=O) groups is 1. The van der Waals surface area contributed by atoms with Crippen molar-refractivity contribution in [2.24, 2.45) is 0 Å². The van der Waals surface area contributed by atoms with E-state index in [0.29, 0.717) is 6.54 Å². The minimum atomic E-state index is -0.126. The van der Waals surface area contributed by atoms with Crippen molar-refractivity contribution in [1.29, 1.82) is 0 Å². The molecule has 1 aromatic heterocycles. The topological polar surface area (TPSA) is 56.1 Å². The second-order valence-corrected chi connectivity index (χ2v) is 4.61. The highest BCUT2D eigenvalue weighted by molar-refractivity contribution is 5.77. The Hall–Kier alpha value is -2.14. The number of methoxy groups -OCH3 is 1. The Balaban J connectivity index is 2.19. The van der Waals surface area contributed by atoms with Gasteiger partial charge in [0.2, 0.25) is 5.91 Å². The van der Waals surface area contributed by atoms with E-state index in [-0.39, 0.29) is 12.5 Å². The lowest BCUT2D eigenvalue weighted by Gasteiger charge is -2.06. The molecule has 1 aromatic carbocycles. The highest BCUT2D eigenvalue weighted by atomic mass is 16.5. The summed E-state index contributed by atoms with van der Waals surface area (Å²) in [5.74, 6) is -0.126. The lowest BCUT2D eigenvalue weighted by atomic mass is 10.2. The van der Waals surface area contributed by atoms with E-state index in [1.807, 2.05) is 48.9 Å². The van der Waals surface area contributed by atoms with E-state index in [9.17, 15) is 4.79 Å². The maximum atomic E-state index is 11.5. The number of nitrogens with zero attached hydrogens (tertiary/aromatic N) is 2. The first-order valence-corrected chi connectivity index (χ1v) is 6.49. The molecule has 5 heteroatoms. The number of amides is 1. The molecule has 0 spiro atoms. The van der Waals surface area contributed by atoms with Gasteiger partial charge in [-0.3, -0.25) is 4.79 Å². The molecule has 0 saturated heterocycles. The van der Waals surface area contributed by atoms with Crippen molar-refractivity contribution in [3.63, 3.8) is 0 Å². The van der Waals surface area contributed by atoms with Crippen LogP contribution in [0.2, 0.25) is 0 Å². The molecule has 20 heavy (non-hydrogen) atoms. The molecule has 1 amide bonds. The van der Waals surface area contributed by atoms with Gasteiger partial charge >= 0.3 is 0 Å². The first-order valence-electron chi connectivity index (χ1n) is 6.49. The molecule has 5 nitrogen and oxygen atoms in total. The van der Waals surface area contributed by atoms with Gasteiger partial charge in [0.15, 0.2) is 0 Å². The highest BCUT2D eigenvalue weighted by Gasteiger charge is 2.13. The van der Waals surface area contributed by atoms with Crippen LogP contribution in [0.15, 0.2) is 30.3 Å². The second kappa shape index (κ2) is 6.34. The van der Waals surface area contributed by atoms with Gasteiger partial charge in [-0.25, -0.2) is 4.68 Å². The van der Waals surface area contributed by atoms with Crippen LogP contribution in [0.1, 0.15) is 17.0 Å². The van der Waals surface area contributed by atoms with Crippen molar-refractivity contribution in [1.82, 2.24) is 15.1 Å². The number of rotatable bonds is 5. The maximum absolute atomic E-state index is 11.5. The first-order chi connectivity index (χ1) is 9.63. The van der Waals surface area contributed by atoms with Crippen LogP contribution < -0.4 is 5.32 Å². The van der Waals surface area contributed by atoms with Gasteiger partial charge in [-0.1, -0.05) is 18.2 Å². The van der Waals surface area contributed by atoms with E-state index in [1.165, 1.54) is 7.11 Å². The predicted molar refractivity (Wildman–Crippen MR) is 76.8 cm³/mol. The Morgan fingerprint density at radius 2 is 2.00 bits per heavy atom. The molecular formula is C15H19N3O2. The van der Waals surface area contributed by atoms with Crippen molar-refractivity contribution in [2.75, 3.05) is 13.7 Å². The summed E-state index contributed by atoms with van der Waals surface area (Å²) in [5, 5.41) is 7.37. The molecular weight excluding hydrogens is 254 g/mol. The van der Waals surface area contributed by atoms with Crippen molar-refractivity contribution in [3.8, 4) is 5.69 Å². The third kappa shape index (κ3) is 3.05. The minimum absolute atomic E-state index is 0.0743. The summed E-state index contributed by atoms with van der Waals surface area (Å²) in [6, 6.07) is 9.94. The standard InChI is InChI=1S/C15H19N3O2/c1-11-14(9-16-15(19)10-20-3)12(2)18(17-11)13-7-5-4-6-8-13/h4-8H,9-10H2,1-3H3,(H,16,19). The van der Waals surface area contributed by atoms with E-state index in [1.54, 1.807) is 0 Å². The molecule has 1 N–H and O–H groups in total. The molecule has 1 heterocycles. The monoisotopic (exact) mass is 273 g/mol. The zero-order valence-electron chi connectivity index (χ0n) is 12.0. The van der Waals surface area contributed by atoms with Gasteiger partial charge in [0.25, 0.3) is 0 Å². The zero-order valence-corrected chi connectivity index (χ0v) is 12.0. The number of hydrogen-bond donors (Lipinski definition) is 1. The van der Waals surface area contributed by atoms with E-state index in [2.05, 4.69) is 10.4 Å². The van der Waals surface area contributed by atoms with E-state index < -0.39 is 0 Å².